The molecule has 0 radical (unpaired) electrons. The normalized spacial score (nSPS) is 11.5. The van der Waals surface area contributed by atoms with E-state index in [-0.39, 0.29) is 33.3 Å². The SMILES string of the molecule is O=C(O)c1cccc(-n2c(-c3cc(Cl)ccc3O)ccc2C(F)(F)F)c1. The smallest absolute Gasteiger partial charge is 0.431 e. The number of rotatable bonds is 3. The van der Waals surface area contributed by atoms with E-state index in [0.29, 0.717) is 0 Å². The van der Waals surface area contributed by atoms with Crippen molar-refractivity contribution in [1.29, 1.82) is 0 Å². The van der Waals surface area contributed by atoms with Crippen LogP contribution >= 0.6 is 11.6 Å². The monoisotopic (exact) mass is 381 g/mol. The fourth-order valence-electron chi connectivity index (χ4n) is 2.64. The van der Waals surface area contributed by atoms with Crippen molar-refractivity contribution in [3.8, 4) is 22.7 Å². The molecule has 0 saturated heterocycles. The minimum atomic E-state index is -4.69. The summed E-state index contributed by atoms with van der Waals surface area (Å²) in [6.07, 6.45) is -4.69. The molecule has 3 rings (SSSR count). The average Bonchev–Trinajstić information content (AvgIpc) is 3.02. The van der Waals surface area contributed by atoms with Crippen LogP contribution in [0, 0.1) is 0 Å². The zero-order valence-corrected chi connectivity index (χ0v) is 13.7. The van der Waals surface area contributed by atoms with E-state index in [0.717, 1.165) is 16.7 Å². The quantitative estimate of drug-likeness (QED) is 0.653. The molecular formula is C18H11ClF3NO3. The number of halogens is 4. The van der Waals surface area contributed by atoms with Crippen molar-refractivity contribution in [2.75, 3.05) is 0 Å². The van der Waals surface area contributed by atoms with Gasteiger partial charge in [-0.3, -0.25) is 0 Å². The standard InChI is InChI=1S/C18H11ClF3NO3/c19-11-4-6-15(24)13(9-11)14-5-7-16(18(20,21)22)23(14)12-3-1-2-10(8-12)17(25)26/h1-9,24H,(H,25,26). The number of phenolic OH excluding ortho intramolecular Hbond substituents is 1. The molecule has 1 aromatic heterocycles. The van der Waals surface area contributed by atoms with Crippen molar-refractivity contribution in [3.05, 3.63) is 70.9 Å². The van der Waals surface area contributed by atoms with E-state index >= 15 is 0 Å². The first-order valence-corrected chi connectivity index (χ1v) is 7.68. The summed E-state index contributed by atoms with van der Waals surface area (Å²) >= 11 is 5.91. The topological polar surface area (TPSA) is 62.5 Å². The van der Waals surface area contributed by atoms with Crippen LogP contribution in [0.4, 0.5) is 13.2 Å². The minimum absolute atomic E-state index is 0.00315. The Morgan fingerprint density at radius 1 is 1.04 bits per heavy atom. The van der Waals surface area contributed by atoms with Gasteiger partial charge in [0.15, 0.2) is 0 Å². The Morgan fingerprint density at radius 3 is 2.42 bits per heavy atom. The molecule has 0 fully saturated rings. The lowest BCUT2D eigenvalue weighted by Crippen LogP contribution is -2.13. The summed E-state index contributed by atoms with van der Waals surface area (Å²) in [6, 6.07) is 11.2. The molecule has 0 atom stereocenters. The van der Waals surface area contributed by atoms with Crippen molar-refractivity contribution < 1.29 is 28.2 Å². The highest BCUT2D eigenvalue weighted by Crippen LogP contribution is 2.39. The molecule has 2 N–H and O–H groups in total. The molecule has 0 unspecified atom stereocenters. The third kappa shape index (κ3) is 3.25. The molecule has 0 saturated carbocycles. The van der Waals surface area contributed by atoms with Crippen molar-refractivity contribution in [3.63, 3.8) is 0 Å². The molecule has 0 bridgehead atoms. The molecule has 0 aliphatic rings. The van der Waals surface area contributed by atoms with Crippen molar-refractivity contribution in [1.82, 2.24) is 4.57 Å². The summed E-state index contributed by atoms with van der Waals surface area (Å²) in [5.74, 6) is -1.52. The van der Waals surface area contributed by atoms with Gasteiger partial charge in [-0.15, -0.1) is 0 Å². The van der Waals surface area contributed by atoms with Gasteiger partial charge in [0.05, 0.1) is 11.3 Å². The highest BCUT2D eigenvalue weighted by atomic mass is 35.5. The number of carboxylic acids is 1. The van der Waals surface area contributed by atoms with Crippen LogP contribution in [0.5, 0.6) is 5.75 Å². The summed E-state index contributed by atoms with van der Waals surface area (Å²) < 4.78 is 41.3. The van der Waals surface area contributed by atoms with Gasteiger partial charge in [0.25, 0.3) is 0 Å². The number of benzene rings is 2. The Morgan fingerprint density at radius 2 is 1.77 bits per heavy atom. The third-order valence-corrected chi connectivity index (χ3v) is 3.99. The van der Waals surface area contributed by atoms with Gasteiger partial charge < -0.3 is 14.8 Å². The van der Waals surface area contributed by atoms with Crippen LogP contribution < -0.4 is 0 Å². The van der Waals surface area contributed by atoms with E-state index < -0.39 is 17.8 Å². The van der Waals surface area contributed by atoms with Crippen LogP contribution in [-0.4, -0.2) is 20.7 Å². The number of phenols is 1. The Bertz CT molecular complexity index is 996. The van der Waals surface area contributed by atoms with Crippen molar-refractivity contribution in [2.45, 2.75) is 6.18 Å². The lowest BCUT2D eigenvalue weighted by molar-refractivity contribution is -0.142. The van der Waals surface area contributed by atoms with Gasteiger partial charge in [-0.05, 0) is 48.5 Å². The third-order valence-electron chi connectivity index (χ3n) is 3.76. The second-order valence-corrected chi connectivity index (χ2v) is 5.89. The summed E-state index contributed by atoms with van der Waals surface area (Å²) in [6.45, 7) is 0. The van der Waals surface area contributed by atoms with Crippen LogP contribution in [0.25, 0.3) is 16.9 Å². The number of aromatic nitrogens is 1. The summed E-state index contributed by atoms with van der Waals surface area (Å²) in [5, 5.41) is 19.4. The van der Waals surface area contributed by atoms with Gasteiger partial charge in [-0.2, -0.15) is 13.2 Å². The lowest BCUT2D eigenvalue weighted by atomic mass is 10.1. The van der Waals surface area contributed by atoms with Crippen molar-refractivity contribution in [2.24, 2.45) is 0 Å². The highest BCUT2D eigenvalue weighted by molar-refractivity contribution is 6.31. The minimum Gasteiger partial charge on any atom is -0.507 e. The largest absolute Gasteiger partial charge is 0.507 e. The van der Waals surface area contributed by atoms with Crippen LogP contribution in [0.2, 0.25) is 5.02 Å². The number of hydrogen-bond donors (Lipinski definition) is 2. The van der Waals surface area contributed by atoms with E-state index in [9.17, 15) is 23.1 Å². The zero-order valence-electron chi connectivity index (χ0n) is 13.0. The van der Waals surface area contributed by atoms with Crippen LogP contribution in [0.3, 0.4) is 0 Å². The van der Waals surface area contributed by atoms with Crippen molar-refractivity contribution >= 4 is 17.6 Å². The van der Waals surface area contributed by atoms with Crippen LogP contribution in [-0.2, 0) is 6.18 Å². The first-order chi connectivity index (χ1) is 12.2. The Balaban J connectivity index is 2.32. The summed E-state index contributed by atoms with van der Waals surface area (Å²) in [4.78, 5) is 11.2. The first kappa shape index (κ1) is 17.9. The van der Waals surface area contributed by atoms with E-state index in [1.165, 1.54) is 42.5 Å². The number of nitrogens with zero attached hydrogens (tertiary/aromatic N) is 1. The fraction of sp³-hybridized carbons (Fsp3) is 0.0556. The predicted octanol–water partition coefficient (Wildman–Crippen LogP) is 5.22. The average molecular weight is 382 g/mol. The Kier molecular flexibility index (Phi) is 4.41. The molecule has 8 heteroatoms. The van der Waals surface area contributed by atoms with Gasteiger partial charge >= 0.3 is 12.1 Å². The Hall–Kier alpha value is -2.93. The second kappa shape index (κ2) is 6.42. The van der Waals surface area contributed by atoms with E-state index in [2.05, 4.69) is 0 Å². The maximum absolute atomic E-state index is 13.5. The zero-order chi connectivity index (χ0) is 19.1. The summed E-state index contributed by atoms with van der Waals surface area (Å²) in [5.41, 5.74) is -1.05. The van der Waals surface area contributed by atoms with Gasteiger partial charge in [0.2, 0.25) is 0 Å². The van der Waals surface area contributed by atoms with Crippen LogP contribution in [0.1, 0.15) is 16.1 Å². The summed E-state index contributed by atoms with van der Waals surface area (Å²) in [7, 11) is 0. The molecule has 1 heterocycles. The molecule has 26 heavy (non-hydrogen) atoms. The number of carboxylic acid groups (broad SMARTS) is 1. The predicted molar refractivity (Wildman–Crippen MR) is 89.8 cm³/mol. The van der Waals surface area contributed by atoms with Gasteiger partial charge in [-0.1, -0.05) is 17.7 Å². The molecule has 0 aliphatic heterocycles. The second-order valence-electron chi connectivity index (χ2n) is 5.45. The maximum Gasteiger partial charge on any atom is 0.431 e. The molecule has 0 amide bonds. The molecule has 3 aromatic rings. The fourth-order valence-corrected chi connectivity index (χ4v) is 2.81. The number of alkyl halides is 3. The lowest BCUT2D eigenvalue weighted by Gasteiger charge is -2.17. The maximum atomic E-state index is 13.5. The molecule has 0 spiro atoms. The van der Waals surface area contributed by atoms with E-state index in [1.807, 2.05) is 0 Å². The van der Waals surface area contributed by atoms with Crippen LogP contribution in [0.15, 0.2) is 54.6 Å². The van der Waals surface area contributed by atoms with E-state index in [1.54, 1.807) is 0 Å². The molecular weight excluding hydrogens is 371 g/mol. The number of hydrogen-bond acceptors (Lipinski definition) is 2. The molecule has 4 nitrogen and oxygen atoms in total. The molecule has 2 aromatic carbocycles. The van der Waals surface area contributed by atoms with Gasteiger partial charge in [0.1, 0.15) is 11.4 Å². The number of aromatic hydroxyl groups is 1. The van der Waals surface area contributed by atoms with Gasteiger partial charge in [0, 0.05) is 16.3 Å². The highest BCUT2D eigenvalue weighted by Gasteiger charge is 2.36. The van der Waals surface area contributed by atoms with Gasteiger partial charge in [-0.25, -0.2) is 4.79 Å². The Labute approximate surface area is 150 Å². The number of aromatic carboxylic acids is 1. The molecule has 0 aliphatic carbocycles. The van der Waals surface area contributed by atoms with E-state index in [4.69, 9.17) is 16.7 Å². The first-order valence-electron chi connectivity index (χ1n) is 7.30. The molecule has 134 valence electrons. The number of carbonyl (C=O) groups is 1.